The zero-order valence-electron chi connectivity index (χ0n) is 20.1. The number of thiophene rings is 1. The van der Waals surface area contributed by atoms with Crippen LogP contribution in [-0.2, 0) is 0 Å². The molecule has 0 radical (unpaired) electrons. The van der Waals surface area contributed by atoms with E-state index >= 15 is 0 Å². The number of nitrogens with zero attached hydrogens (tertiary/aromatic N) is 1. The first-order chi connectivity index (χ1) is 15.2. The van der Waals surface area contributed by atoms with Crippen molar-refractivity contribution >= 4 is 59.9 Å². The van der Waals surface area contributed by atoms with Crippen molar-refractivity contribution in [3.8, 4) is 11.3 Å². The van der Waals surface area contributed by atoms with E-state index in [1.54, 1.807) is 11.3 Å². The molecular formula is C27H27GeNS. The average Bonchev–Trinajstić information content (AvgIpc) is 3.14. The third-order valence-corrected chi connectivity index (χ3v) is 11.8. The number of rotatable bonds is 3. The molecular weight excluding hydrogens is 443 g/mol. The Morgan fingerprint density at radius 3 is 2.43 bits per heavy atom. The molecule has 0 aliphatic carbocycles. The number of aromatic nitrogens is 1. The van der Waals surface area contributed by atoms with Crippen LogP contribution in [0.4, 0.5) is 0 Å². The summed E-state index contributed by atoms with van der Waals surface area (Å²) in [7, 11) is 0. The average molecular weight is 472 g/mol. The van der Waals surface area contributed by atoms with Gasteiger partial charge in [0.2, 0.25) is 0 Å². The number of benzene rings is 3. The van der Waals surface area contributed by atoms with Crippen LogP contribution in [0.2, 0.25) is 17.3 Å². The second-order valence-electron chi connectivity index (χ2n) is 9.38. The molecule has 0 aliphatic heterocycles. The Bertz CT molecular complexity index is 1510. The van der Waals surface area contributed by atoms with E-state index in [0.29, 0.717) is 5.92 Å². The molecule has 0 aliphatic rings. The molecule has 5 aromatic rings. The Kier molecular flexibility index (Phi) is 4.21. The molecule has 0 atom stereocenters. The fourth-order valence-electron chi connectivity index (χ4n) is 4.34. The Morgan fingerprint density at radius 1 is 0.900 bits per heavy atom. The van der Waals surface area contributed by atoms with Gasteiger partial charge in [-0.1, -0.05) is 0 Å². The number of hydrogen-bond acceptors (Lipinski definition) is 2. The molecule has 0 spiro atoms. The first kappa shape index (κ1) is 17.5. The van der Waals surface area contributed by atoms with Gasteiger partial charge in [0.15, 0.2) is 0 Å². The summed E-state index contributed by atoms with van der Waals surface area (Å²) in [6.45, 7) is 4.44. The van der Waals surface area contributed by atoms with Crippen LogP contribution < -0.4 is 4.40 Å². The predicted octanol–water partition coefficient (Wildman–Crippen LogP) is 7.94. The maximum absolute atomic E-state index is 8.69. The number of hydrogen-bond donors (Lipinski definition) is 0. The van der Waals surface area contributed by atoms with Gasteiger partial charge in [0, 0.05) is 0 Å². The molecule has 0 fully saturated rings. The fourth-order valence-corrected chi connectivity index (χ4v) is 10.4. The Balaban J connectivity index is 1.91. The summed E-state index contributed by atoms with van der Waals surface area (Å²) >= 11 is -0.352. The summed E-state index contributed by atoms with van der Waals surface area (Å²) in [6.07, 6.45) is 0.0501. The molecule has 0 N–H and O–H groups in total. The molecule has 5 rings (SSSR count). The van der Waals surface area contributed by atoms with Crippen LogP contribution in [0.25, 0.3) is 42.2 Å². The molecule has 0 bridgehead atoms. The minimum atomic E-state index is -2.11. The van der Waals surface area contributed by atoms with Crippen molar-refractivity contribution < 1.29 is 2.74 Å². The van der Waals surface area contributed by atoms with Gasteiger partial charge in [-0.15, -0.1) is 0 Å². The predicted molar refractivity (Wildman–Crippen MR) is 137 cm³/mol. The van der Waals surface area contributed by atoms with Crippen molar-refractivity contribution in [2.75, 3.05) is 0 Å². The second kappa shape index (κ2) is 7.21. The zero-order chi connectivity index (χ0) is 22.8. The molecule has 150 valence electrons. The van der Waals surface area contributed by atoms with Crippen LogP contribution in [0.15, 0.2) is 66.8 Å². The van der Waals surface area contributed by atoms with Gasteiger partial charge < -0.3 is 0 Å². The Hall–Kier alpha value is -2.17. The summed E-state index contributed by atoms with van der Waals surface area (Å²) in [6, 6.07) is 19.7. The van der Waals surface area contributed by atoms with E-state index < -0.39 is 13.3 Å². The van der Waals surface area contributed by atoms with Crippen molar-refractivity contribution in [3.63, 3.8) is 0 Å². The van der Waals surface area contributed by atoms with Gasteiger partial charge in [-0.3, -0.25) is 0 Å². The van der Waals surface area contributed by atoms with Gasteiger partial charge in [0.1, 0.15) is 0 Å². The Morgan fingerprint density at radius 2 is 1.67 bits per heavy atom. The van der Waals surface area contributed by atoms with E-state index in [1.165, 1.54) is 25.4 Å². The van der Waals surface area contributed by atoms with Crippen molar-refractivity contribution in [2.45, 2.75) is 37.0 Å². The van der Waals surface area contributed by atoms with Gasteiger partial charge in [0.05, 0.1) is 0 Å². The normalized spacial score (nSPS) is 13.4. The molecule has 2 heterocycles. The molecule has 3 heteroatoms. The van der Waals surface area contributed by atoms with E-state index in [0.717, 1.165) is 26.7 Å². The van der Waals surface area contributed by atoms with Gasteiger partial charge >= 0.3 is 188 Å². The van der Waals surface area contributed by atoms with E-state index in [4.69, 9.17) is 2.74 Å². The summed E-state index contributed by atoms with van der Waals surface area (Å²) in [5, 5.41) is 4.45. The van der Waals surface area contributed by atoms with Gasteiger partial charge in [-0.05, 0) is 0 Å². The first-order valence-corrected chi connectivity index (χ1v) is 18.7. The SMILES string of the molecule is [2H]c1nc(-c2cc(C(C)C)c3ccccc3c2)c2sc3[c]([Ge]([CH3])([CH3])[CH3])cccc3c2c1[2H]. The fraction of sp³-hybridized carbons (Fsp3) is 0.222. The van der Waals surface area contributed by atoms with Crippen molar-refractivity contribution in [1.29, 1.82) is 0 Å². The molecule has 3 aromatic carbocycles. The molecule has 30 heavy (non-hydrogen) atoms. The number of fused-ring (bicyclic) bond motifs is 4. The molecule has 1 nitrogen and oxygen atoms in total. The minimum absolute atomic E-state index is 0.0501. The van der Waals surface area contributed by atoms with E-state index in [9.17, 15) is 0 Å². The summed E-state index contributed by atoms with van der Waals surface area (Å²) < 4.78 is 21.0. The van der Waals surface area contributed by atoms with Crippen LogP contribution in [0.5, 0.6) is 0 Å². The molecule has 0 amide bonds. The standard InChI is InChI=1S/C27H27GeNS/c1-17(2)23-16-19(15-18-9-6-7-10-20(18)23)25-27-22(13-14-29-25)21-11-8-12-24(26(21)30-27)28(3,4)5/h6-17H,1-5H3/i13D,14D. The van der Waals surface area contributed by atoms with Gasteiger partial charge in [-0.25, -0.2) is 0 Å². The molecule has 2 aromatic heterocycles. The van der Waals surface area contributed by atoms with Crippen LogP contribution in [-0.4, -0.2) is 18.3 Å². The maximum atomic E-state index is 8.69. The van der Waals surface area contributed by atoms with Crippen LogP contribution in [0, 0.1) is 0 Å². The third kappa shape index (κ3) is 3.18. The first-order valence-electron chi connectivity index (χ1n) is 11.5. The third-order valence-electron chi connectivity index (χ3n) is 5.88. The van der Waals surface area contributed by atoms with Crippen LogP contribution in [0.3, 0.4) is 0 Å². The zero-order valence-corrected chi connectivity index (χ0v) is 21.0. The monoisotopic (exact) mass is 473 g/mol. The molecule has 0 unspecified atom stereocenters. The molecule has 0 saturated carbocycles. The summed E-state index contributed by atoms with van der Waals surface area (Å²) in [5.74, 6) is 7.61. The second-order valence-corrected chi connectivity index (χ2v) is 21.0. The van der Waals surface area contributed by atoms with Crippen LogP contribution in [0.1, 0.15) is 28.1 Å². The quantitative estimate of drug-likeness (QED) is 0.243. The summed E-state index contributed by atoms with van der Waals surface area (Å²) in [5.41, 5.74) is 3.17. The topological polar surface area (TPSA) is 12.9 Å². The van der Waals surface area contributed by atoms with Crippen molar-refractivity contribution in [3.05, 3.63) is 72.4 Å². The van der Waals surface area contributed by atoms with Gasteiger partial charge in [0.25, 0.3) is 0 Å². The summed E-state index contributed by atoms with van der Waals surface area (Å²) in [4.78, 5) is 4.67. The number of pyridine rings is 1. The van der Waals surface area contributed by atoms with E-state index in [2.05, 4.69) is 90.7 Å². The van der Waals surface area contributed by atoms with Crippen molar-refractivity contribution in [2.24, 2.45) is 0 Å². The molecule has 0 saturated heterocycles. The van der Waals surface area contributed by atoms with Gasteiger partial charge in [-0.2, -0.15) is 0 Å². The van der Waals surface area contributed by atoms with Crippen molar-refractivity contribution in [1.82, 2.24) is 4.98 Å². The Labute approximate surface area is 187 Å². The van der Waals surface area contributed by atoms with E-state index in [1.807, 2.05) is 0 Å². The van der Waals surface area contributed by atoms with E-state index in [-0.39, 0.29) is 12.2 Å². The van der Waals surface area contributed by atoms with Crippen LogP contribution >= 0.6 is 11.3 Å².